The van der Waals surface area contributed by atoms with E-state index in [9.17, 15) is 4.79 Å². The molecule has 0 atom stereocenters. The Balaban J connectivity index is 3.35. The zero-order chi connectivity index (χ0) is 17.2. The highest BCUT2D eigenvalue weighted by Gasteiger charge is 2.18. The normalized spacial score (nSPS) is 10.8. The Labute approximate surface area is 141 Å². The van der Waals surface area contributed by atoms with Crippen molar-refractivity contribution >= 4 is 6.16 Å². The van der Waals surface area contributed by atoms with Crippen LogP contribution in [0.1, 0.15) is 81.5 Å². The highest BCUT2D eigenvalue weighted by atomic mass is 16.7. The molecule has 0 saturated heterocycles. The van der Waals surface area contributed by atoms with E-state index in [1.807, 2.05) is 6.07 Å². The smallest absolute Gasteiger partial charge is 0.449 e. The number of ether oxygens (including phenoxy) is 1. The zero-order valence-electron chi connectivity index (χ0n) is 15.2. The van der Waals surface area contributed by atoms with Gasteiger partial charge in [-0.3, -0.25) is 0 Å². The fourth-order valence-corrected chi connectivity index (χ4v) is 3.11. The van der Waals surface area contributed by atoms with Gasteiger partial charge in [-0.05, 0) is 73.8 Å². The SMILES string of the molecule is CCCCc1c(C)cc(OC(=O)O)c(CCCC)c1CCCC. The minimum atomic E-state index is -1.22. The summed E-state index contributed by atoms with van der Waals surface area (Å²) in [5.41, 5.74) is 5.06. The summed E-state index contributed by atoms with van der Waals surface area (Å²) in [6.07, 6.45) is 8.56. The number of hydrogen-bond acceptors (Lipinski definition) is 2. The van der Waals surface area contributed by atoms with Crippen LogP contribution in [0.15, 0.2) is 6.07 Å². The Kier molecular flexibility index (Phi) is 8.75. The lowest BCUT2D eigenvalue weighted by molar-refractivity contribution is 0.144. The van der Waals surface area contributed by atoms with E-state index in [1.165, 1.54) is 29.5 Å². The predicted octanol–water partition coefficient (Wildman–Crippen LogP) is 6.08. The van der Waals surface area contributed by atoms with E-state index < -0.39 is 6.16 Å². The third-order valence-electron chi connectivity index (χ3n) is 4.39. The highest BCUT2D eigenvalue weighted by Crippen LogP contribution is 2.33. The Morgan fingerprint density at radius 3 is 1.87 bits per heavy atom. The van der Waals surface area contributed by atoms with Gasteiger partial charge in [0.1, 0.15) is 5.75 Å². The molecule has 0 spiro atoms. The lowest BCUT2D eigenvalue weighted by Crippen LogP contribution is -2.11. The number of unbranched alkanes of at least 4 members (excludes halogenated alkanes) is 3. The van der Waals surface area contributed by atoms with Crippen LogP contribution in [0, 0.1) is 6.92 Å². The molecule has 0 radical (unpaired) electrons. The van der Waals surface area contributed by atoms with Crippen molar-refractivity contribution in [2.75, 3.05) is 0 Å². The second kappa shape index (κ2) is 10.3. The van der Waals surface area contributed by atoms with Gasteiger partial charge in [-0.1, -0.05) is 40.0 Å². The average molecular weight is 320 g/mol. The maximum absolute atomic E-state index is 11.1. The molecule has 1 aromatic carbocycles. The molecule has 0 amide bonds. The number of hydrogen-bond donors (Lipinski definition) is 1. The molecule has 1 aromatic rings. The van der Waals surface area contributed by atoms with E-state index in [0.717, 1.165) is 50.5 Å². The minimum absolute atomic E-state index is 0.551. The van der Waals surface area contributed by atoms with E-state index in [-0.39, 0.29) is 0 Å². The summed E-state index contributed by atoms with van der Waals surface area (Å²) in [6.45, 7) is 8.65. The zero-order valence-corrected chi connectivity index (χ0v) is 15.2. The van der Waals surface area contributed by atoms with Gasteiger partial charge in [-0.15, -0.1) is 0 Å². The van der Waals surface area contributed by atoms with Gasteiger partial charge in [0.25, 0.3) is 0 Å². The van der Waals surface area contributed by atoms with E-state index in [1.54, 1.807) is 0 Å². The summed E-state index contributed by atoms with van der Waals surface area (Å²) in [6, 6.07) is 1.93. The van der Waals surface area contributed by atoms with Crippen molar-refractivity contribution in [1.29, 1.82) is 0 Å². The largest absolute Gasteiger partial charge is 0.511 e. The summed E-state index contributed by atoms with van der Waals surface area (Å²) < 4.78 is 5.12. The van der Waals surface area contributed by atoms with Crippen LogP contribution < -0.4 is 4.74 Å². The van der Waals surface area contributed by atoms with E-state index in [4.69, 9.17) is 9.84 Å². The molecule has 3 heteroatoms. The standard InChI is InChI=1S/C20H32O3/c1-5-8-11-16-15(4)14-19(23-20(21)22)18(13-10-7-3)17(16)12-9-6-2/h14H,5-13H2,1-4H3,(H,21,22). The van der Waals surface area contributed by atoms with Crippen molar-refractivity contribution in [2.24, 2.45) is 0 Å². The first-order valence-electron chi connectivity index (χ1n) is 9.10. The topological polar surface area (TPSA) is 46.5 Å². The Bertz CT molecular complexity index is 506. The maximum atomic E-state index is 11.1. The molecule has 23 heavy (non-hydrogen) atoms. The lowest BCUT2D eigenvalue weighted by Gasteiger charge is -2.20. The molecule has 0 bridgehead atoms. The van der Waals surface area contributed by atoms with Gasteiger partial charge in [0.05, 0.1) is 0 Å². The second-order valence-electron chi connectivity index (χ2n) is 6.31. The van der Waals surface area contributed by atoms with Crippen molar-refractivity contribution in [1.82, 2.24) is 0 Å². The van der Waals surface area contributed by atoms with E-state index >= 15 is 0 Å². The highest BCUT2D eigenvalue weighted by molar-refractivity contribution is 5.63. The van der Waals surface area contributed by atoms with Crippen LogP contribution in [0.3, 0.4) is 0 Å². The second-order valence-corrected chi connectivity index (χ2v) is 6.31. The Hall–Kier alpha value is -1.51. The van der Waals surface area contributed by atoms with Gasteiger partial charge in [0, 0.05) is 0 Å². The summed E-state index contributed by atoms with van der Waals surface area (Å²) >= 11 is 0. The molecule has 0 aromatic heterocycles. The molecular formula is C20H32O3. The quantitative estimate of drug-likeness (QED) is 0.420. The van der Waals surface area contributed by atoms with Gasteiger partial charge in [0.2, 0.25) is 0 Å². The van der Waals surface area contributed by atoms with Crippen LogP contribution in [-0.4, -0.2) is 11.3 Å². The molecule has 1 rings (SSSR count). The van der Waals surface area contributed by atoms with Gasteiger partial charge < -0.3 is 9.84 Å². The molecule has 0 saturated carbocycles. The summed E-state index contributed by atoms with van der Waals surface area (Å²) in [4.78, 5) is 11.1. The Morgan fingerprint density at radius 1 is 0.913 bits per heavy atom. The number of carbonyl (C=O) groups is 1. The molecule has 1 N–H and O–H groups in total. The maximum Gasteiger partial charge on any atom is 0.511 e. The molecule has 0 fully saturated rings. The molecule has 0 aliphatic heterocycles. The van der Waals surface area contributed by atoms with Crippen LogP contribution in [0.4, 0.5) is 4.79 Å². The first-order chi connectivity index (χ1) is 11.0. The van der Waals surface area contributed by atoms with Crippen molar-refractivity contribution in [2.45, 2.75) is 85.5 Å². The fraction of sp³-hybridized carbons (Fsp3) is 0.650. The number of aryl methyl sites for hydroxylation is 1. The number of benzene rings is 1. The molecule has 130 valence electrons. The first kappa shape index (κ1) is 19.5. The summed E-state index contributed by atoms with van der Waals surface area (Å²) in [7, 11) is 0. The molecule has 0 heterocycles. The van der Waals surface area contributed by atoms with Crippen LogP contribution >= 0.6 is 0 Å². The molecule has 0 aliphatic carbocycles. The Morgan fingerprint density at radius 2 is 1.39 bits per heavy atom. The minimum Gasteiger partial charge on any atom is -0.449 e. The van der Waals surface area contributed by atoms with Crippen LogP contribution in [0.2, 0.25) is 0 Å². The van der Waals surface area contributed by atoms with E-state index in [0.29, 0.717) is 5.75 Å². The predicted molar refractivity (Wildman–Crippen MR) is 95.7 cm³/mol. The summed E-state index contributed by atoms with van der Waals surface area (Å²) in [5, 5.41) is 9.06. The van der Waals surface area contributed by atoms with Gasteiger partial charge >= 0.3 is 6.16 Å². The van der Waals surface area contributed by atoms with E-state index in [2.05, 4.69) is 27.7 Å². The average Bonchev–Trinajstić information content (AvgIpc) is 2.50. The van der Waals surface area contributed by atoms with Crippen molar-refractivity contribution in [3.05, 3.63) is 28.3 Å². The van der Waals surface area contributed by atoms with Gasteiger partial charge in [-0.2, -0.15) is 0 Å². The first-order valence-corrected chi connectivity index (χ1v) is 9.10. The fourth-order valence-electron chi connectivity index (χ4n) is 3.11. The summed E-state index contributed by atoms with van der Waals surface area (Å²) in [5.74, 6) is 0.551. The third-order valence-corrected chi connectivity index (χ3v) is 4.39. The van der Waals surface area contributed by atoms with Crippen LogP contribution in [0.25, 0.3) is 0 Å². The third kappa shape index (κ3) is 5.89. The lowest BCUT2D eigenvalue weighted by atomic mass is 9.87. The number of carboxylic acid groups (broad SMARTS) is 1. The molecular weight excluding hydrogens is 288 g/mol. The molecule has 0 aliphatic rings. The number of rotatable bonds is 10. The van der Waals surface area contributed by atoms with Gasteiger partial charge in [-0.25, -0.2) is 4.79 Å². The van der Waals surface area contributed by atoms with Crippen molar-refractivity contribution < 1.29 is 14.6 Å². The van der Waals surface area contributed by atoms with Crippen molar-refractivity contribution in [3.63, 3.8) is 0 Å². The monoisotopic (exact) mass is 320 g/mol. The molecule has 3 nitrogen and oxygen atoms in total. The van der Waals surface area contributed by atoms with Crippen molar-refractivity contribution in [3.8, 4) is 5.75 Å². The molecule has 0 unspecified atom stereocenters. The van der Waals surface area contributed by atoms with Crippen LogP contribution in [-0.2, 0) is 19.3 Å². The van der Waals surface area contributed by atoms with Crippen LogP contribution in [0.5, 0.6) is 5.75 Å². The van der Waals surface area contributed by atoms with Gasteiger partial charge in [0.15, 0.2) is 0 Å².